The Morgan fingerprint density at radius 2 is 1.74 bits per heavy atom. The summed E-state index contributed by atoms with van der Waals surface area (Å²) in [5.74, 6) is 0.788. The van der Waals surface area contributed by atoms with Crippen molar-refractivity contribution in [3.05, 3.63) is 0 Å². The molecule has 0 bridgehead atoms. The SMILES string of the molecule is CCC(CO)(CO)CSCC(C)(C)C(=O)OCCO. The first-order valence-corrected chi connectivity index (χ1v) is 7.60. The molecular weight excluding hydrogens is 268 g/mol. The van der Waals surface area contributed by atoms with Gasteiger partial charge < -0.3 is 20.1 Å². The molecule has 0 atom stereocenters. The molecule has 0 saturated carbocycles. The summed E-state index contributed by atoms with van der Waals surface area (Å²) in [4.78, 5) is 11.7. The number of hydrogen-bond donors (Lipinski definition) is 3. The standard InChI is InChI=1S/C13H26O5S/c1-4-13(7-15,8-16)10-19-9-12(2,3)11(17)18-6-5-14/h14-16H,4-10H2,1-3H3. The van der Waals surface area contributed by atoms with E-state index >= 15 is 0 Å². The quantitative estimate of drug-likeness (QED) is 0.513. The van der Waals surface area contributed by atoms with E-state index in [1.54, 1.807) is 13.8 Å². The van der Waals surface area contributed by atoms with E-state index in [1.807, 2.05) is 6.92 Å². The van der Waals surface area contributed by atoms with E-state index in [4.69, 9.17) is 9.84 Å². The summed E-state index contributed by atoms with van der Waals surface area (Å²) in [7, 11) is 0. The maximum Gasteiger partial charge on any atom is 0.312 e. The van der Waals surface area contributed by atoms with Gasteiger partial charge >= 0.3 is 5.97 Å². The van der Waals surface area contributed by atoms with Crippen molar-refractivity contribution in [2.75, 3.05) is 37.9 Å². The van der Waals surface area contributed by atoms with Gasteiger partial charge in [-0.1, -0.05) is 6.92 Å². The lowest BCUT2D eigenvalue weighted by molar-refractivity contribution is -0.153. The summed E-state index contributed by atoms with van der Waals surface area (Å²) in [6, 6.07) is 0. The zero-order valence-electron chi connectivity index (χ0n) is 12.0. The van der Waals surface area contributed by atoms with Crippen molar-refractivity contribution in [2.45, 2.75) is 27.2 Å². The minimum absolute atomic E-state index is 0.0130. The third-order valence-corrected chi connectivity index (χ3v) is 4.91. The summed E-state index contributed by atoms with van der Waals surface area (Å²) in [6.07, 6.45) is 0.683. The van der Waals surface area contributed by atoms with Gasteiger partial charge in [-0.25, -0.2) is 0 Å². The highest BCUT2D eigenvalue weighted by atomic mass is 32.2. The normalized spacial score (nSPS) is 12.5. The molecule has 0 aliphatic rings. The lowest BCUT2D eigenvalue weighted by atomic mass is 9.90. The maximum absolute atomic E-state index is 11.7. The molecule has 0 unspecified atom stereocenters. The van der Waals surface area contributed by atoms with E-state index in [9.17, 15) is 15.0 Å². The van der Waals surface area contributed by atoms with Crippen LogP contribution in [0, 0.1) is 10.8 Å². The van der Waals surface area contributed by atoms with Crippen LogP contribution in [0.25, 0.3) is 0 Å². The molecule has 0 heterocycles. The minimum Gasteiger partial charge on any atom is -0.463 e. The number of rotatable bonds is 10. The molecule has 3 N–H and O–H groups in total. The van der Waals surface area contributed by atoms with Crippen LogP contribution in [0.15, 0.2) is 0 Å². The van der Waals surface area contributed by atoms with Crippen molar-refractivity contribution in [3.8, 4) is 0 Å². The van der Waals surface area contributed by atoms with Crippen LogP contribution in [0.5, 0.6) is 0 Å². The number of ether oxygens (including phenoxy) is 1. The van der Waals surface area contributed by atoms with Crippen LogP contribution in [0.2, 0.25) is 0 Å². The molecule has 0 aromatic carbocycles. The monoisotopic (exact) mass is 294 g/mol. The van der Waals surface area contributed by atoms with Crippen molar-refractivity contribution in [1.29, 1.82) is 0 Å². The Morgan fingerprint density at radius 1 is 1.16 bits per heavy atom. The summed E-state index contributed by atoms with van der Waals surface area (Å²) in [5, 5.41) is 27.3. The zero-order valence-corrected chi connectivity index (χ0v) is 12.8. The third-order valence-electron chi connectivity index (χ3n) is 3.17. The lowest BCUT2D eigenvalue weighted by Gasteiger charge is -2.29. The first-order valence-electron chi connectivity index (χ1n) is 6.45. The van der Waals surface area contributed by atoms with Crippen LogP contribution in [0.4, 0.5) is 0 Å². The molecule has 0 rings (SSSR count). The second-order valence-corrected chi connectivity index (χ2v) is 6.39. The molecular formula is C13H26O5S. The van der Waals surface area contributed by atoms with E-state index in [-0.39, 0.29) is 32.4 Å². The third kappa shape index (κ3) is 6.12. The van der Waals surface area contributed by atoms with Gasteiger partial charge in [-0.15, -0.1) is 0 Å². The van der Waals surface area contributed by atoms with Crippen LogP contribution in [0.1, 0.15) is 27.2 Å². The summed E-state index contributed by atoms with van der Waals surface area (Å²) < 4.78 is 4.92. The molecule has 0 aliphatic carbocycles. The first-order chi connectivity index (χ1) is 8.87. The van der Waals surface area contributed by atoms with E-state index in [2.05, 4.69) is 0 Å². The fourth-order valence-electron chi connectivity index (χ4n) is 1.38. The summed E-state index contributed by atoms with van der Waals surface area (Å²) >= 11 is 1.52. The van der Waals surface area contributed by atoms with Gasteiger partial charge in [0, 0.05) is 16.9 Å². The second-order valence-electron chi connectivity index (χ2n) is 5.41. The molecule has 19 heavy (non-hydrogen) atoms. The van der Waals surface area contributed by atoms with Crippen LogP contribution in [-0.2, 0) is 9.53 Å². The van der Waals surface area contributed by atoms with Gasteiger partial charge in [0.2, 0.25) is 0 Å². The Labute approximate surface area is 119 Å². The number of hydrogen-bond acceptors (Lipinski definition) is 6. The molecule has 6 heteroatoms. The Hall–Kier alpha value is -0.300. The predicted molar refractivity (Wildman–Crippen MR) is 76.0 cm³/mol. The molecule has 0 saturated heterocycles. The van der Waals surface area contributed by atoms with Crippen molar-refractivity contribution in [1.82, 2.24) is 0 Å². The van der Waals surface area contributed by atoms with E-state index < -0.39 is 10.8 Å². The van der Waals surface area contributed by atoms with Crippen molar-refractivity contribution >= 4 is 17.7 Å². The van der Waals surface area contributed by atoms with Crippen molar-refractivity contribution in [2.24, 2.45) is 10.8 Å². The Morgan fingerprint density at radius 3 is 2.16 bits per heavy atom. The lowest BCUT2D eigenvalue weighted by Crippen LogP contribution is -2.34. The molecule has 0 aromatic rings. The summed E-state index contributed by atoms with van der Waals surface area (Å²) in [6.45, 7) is 5.19. The van der Waals surface area contributed by atoms with Gasteiger partial charge in [-0.3, -0.25) is 4.79 Å². The van der Waals surface area contributed by atoms with Crippen molar-refractivity contribution < 1.29 is 24.9 Å². The second kappa shape index (κ2) is 8.79. The highest BCUT2D eigenvalue weighted by molar-refractivity contribution is 7.99. The Balaban J connectivity index is 4.27. The van der Waals surface area contributed by atoms with Crippen LogP contribution >= 0.6 is 11.8 Å². The highest BCUT2D eigenvalue weighted by Gasteiger charge is 2.32. The topological polar surface area (TPSA) is 87.0 Å². The molecule has 5 nitrogen and oxygen atoms in total. The average Bonchev–Trinajstić information content (AvgIpc) is 2.41. The number of aliphatic hydroxyl groups is 3. The van der Waals surface area contributed by atoms with Gasteiger partial charge in [0.05, 0.1) is 25.2 Å². The first kappa shape index (κ1) is 18.7. The van der Waals surface area contributed by atoms with E-state index in [1.165, 1.54) is 11.8 Å². The molecule has 0 amide bonds. The predicted octanol–water partition coefficient (Wildman–Crippen LogP) is 0.662. The van der Waals surface area contributed by atoms with E-state index in [0.717, 1.165) is 0 Å². The fraction of sp³-hybridized carbons (Fsp3) is 0.923. The number of carbonyl (C=O) groups excluding carboxylic acids is 1. The molecule has 0 radical (unpaired) electrons. The molecule has 0 fully saturated rings. The van der Waals surface area contributed by atoms with E-state index in [0.29, 0.717) is 17.9 Å². The van der Waals surface area contributed by atoms with Gasteiger partial charge in [0.1, 0.15) is 6.61 Å². The number of thioether (sulfide) groups is 1. The van der Waals surface area contributed by atoms with Gasteiger partial charge in [-0.2, -0.15) is 11.8 Å². The van der Waals surface area contributed by atoms with Gasteiger partial charge in [0.25, 0.3) is 0 Å². The molecule has 0 aromatic heterocycles. The van der Waals surface area contributed by atoms with Crippen molar-refractivity contribution in [3.63, 3.8) is 0 Å². The minimum atomic E-state index is -0.649. The Bertz CT molecular complexity index is 255. The average molecular weight is 294 g/mol. The largest absolute Gasteiger partial charge is 0.463 e. The Kier molecular flexibility index (Phi) is 8.65. The van der Waals surface area contributed by atoms with Gasteiger partial charge in [-0.05, 0) is 20.3 Å². The maximum atomic E-state index is 11.7. The number of carbonyl (C=O) groups is 1. The number of aliphatic hydroxyl groups excluding tert-OH is 3. The summed E-state index contributed by atoms with van der Waals surface area (Å²) in [5.41, 5.74) is -1.14. The van der Waals surface area contributed by atoms with Crippen LogP contribution < -0.4 is 0 Å². The fourth-order valence-corrected chi connectivity index (χ4v) is 2.93. The molecule has 0 aliphatic heterocycles. The molecule has 114 valence electrons. The molecule has 0 spiro atoms. The zero-order chi connectivity index (χ0) is 14.9. The number of esters is 1. The van der Waals surface area contributed by atoms with Crippen LogP contribution in [0.3, 0.4) is 0 Å². The smallest absolute Gasteiger partial charge is 0.312 e. The van der Waals surface area contributed by atoms with Gasteiger partial charge in [0.15, 0.2) is 0 Å². The highest BCUT2D eigenvalue weighted by Crippen LogP contribution is 2.30. The van der Waals surface area contributed by atoms with Crippen LogP contribution in [-0.4, -0.2) is 59.2 Å².